The number of thioether (sulfide) groups is 1. The summed E-state index contributed by atoms with van der Waals surface area (Å²) in [6.45, 7) is 8.73. The van der Waals surface area contributed by atoms with E-state index < -0.39 is 0 Å². The van der Waals surface area contributed by atoms with Gasteiger partial charge in [-0.3, -0.25) is 4.99 Å². The molecular weight excluding hydrogens is 461 g/mol. The maximum atomic E-state index is 5.54. The van der Waals surface area contributed by atoms with Crippen LogP contribution >= 0.6 is 35.7 Å². The fourth-order valence-corrected chi connectivity index (χ4v) is 2.99. The number of nitrogens with zero attached hydrogens (tertiary/aromatic N) is 1. The van der Waals surface area contributed by atoms with Gasteiger partial charge in [-0.2, -0.15) is 0 Å². The monoisotopic (exact) mass is 495 g/mol. The third-order valence-corrected chi connectivity index (χ3v) is 4.53. The highest BCUT2D eigenvalue weighted by atomic mass is 127. The molecule has 1 aromatic carbocycles. The minimum absolute atomic E-state index is 0. The molecule has 1 aromatic rings. The van der Waals surface area contributed by atoms with E-state index in [1.807, 2.05) is 17.8 Å². The standard InChI is InChI=1S/C19H33N3O2S.HI/c1-4-5-12-23-14-15-24-13-11-21-19(20-3)22-16-17(2)25-18-9-7-6-8-10-18;/h6-10,17H,4-5,11-16H2,1-3H3,(H2,20,21,22);1H. The molecule has 26 heavy (non-hydrogen) atoms. The summed E-state index contributed by atoms with van der Waals surface area (Å²) >= 11 is 1.86. The second-order valence-corrected chi connectivity index (χ2v) is 7.21. The Morgan fingerprint density at radius 1 is 1.08 bits per heavy atom. The van der Waals surface area contributed by atoms with Gasteiger partial charge in [0.25, 0.3) is 0 Å². The van der Waals surface area contributed by atoms with E-state index in [1.165, 1.54) is 11.3 Å². The van der Waals surface area contributed by atoms with Crippen molar-refractivity contribution in [3.05, 3.63) is 30.3 Å². The highest BCUT2D eigenvalue weighted by Gasteiger charge is 2.05. The number of hydrogen-bond donors (Lipinski definition) is 2. The largest absolute Gasteiger partial charge is 0.379 e. The van der Waals surface area contributed by atoms with Gasteiger partial charge < -0.3 is 20.1 Å². The molecule has 0 heterocycles. The summed E-state index contributed by atoms with van der Waals surface area (Å²) in [4.78, 5) is 5.53. The lowest BCUT2D eigenvalue weighted by Gasteiger charge is -2.16. The van der Waals surface area contributed by atoms with E-state index in [1.54, 1.807) is 7.05 Å². The van der Waals surface area contributed by atoms with Gasteiger partial charge in [0.1, 0.15) is 0 Å². The van der Waals surface area contributed by atoms with Gasteiger partial charge in [-0.15, -0.1) is 35.7 Å². The Morgan fingerprint density at radius 2 is 1.77 bits per heavy atom. The summed E-state index contributed by atoms with van der Waals surface area (Å²) in [7, 11) is 1.78. The Hall–Kier alpha value is -0.510. The maximum Gasteiger partial charge on any atom is 0.191 e. The SMILES string of the molecule is CCCCOCCOCCNC(=NC)NCC(C)Sc1ccccc1.I. The second kappa shape index (κ2) is 17.9. The molecular formula is C19H34IN3O2S. The molecule has 0 aliphatic rings. The smallest absolute Gasteiger partial charge is 0.191 e. The molecule has 0 saturated heterocycles. The summed E-state index contributed by atoms with van der Waals surface area (Å²) in [6, 6.07) is 10.4. The first kappa shape index (κ1) is 25.5. The molecule has 2 N–H and O–H groups in total. The van der Waals surface area contributed by atoms with Crippen molar-refractivity contribution in [1.29, 1.82) is 0 Å². The third-order valence-electron chi connectivity index (χ3n) is 3.41. The number of ether oxygens (including phenoxy) is 2. The van der Waals surface area contributed by atoms with Gasteiger partial charge in [0.15, 0.2) is 5.96 Å². The van der Waals surface area contributed by atoms with Crippen molar-refractivity contribution in [3.8, 4) is 0 Å². The molecule has 0 spiro atoms. The molecule has 1 atom stereocenters. The first-order valence-corrected chi connectivity index (χ1v) is 9.96. The van der Waals surface area contributed by atoms with Crippen LogP contribution in [-0.4, -0.2) is 57.8 Å². The van der Waals surface area contributed by atoms with Gasteiger partial charge in [0, 0.05) is 36.9 Å². The Bertz CT molecular complexity index is 463. The lowest BCUT2D eigenvalue weighted by Crippen LogP contribution is -2.41. The van der Waals surface area contributed by atoms with Crippen LogP contribution in [0.15, 0.2) is 40.2 Å². The maximum absolute atomic E-state index is 5.54. The van der Waals surface area contributed by atoms with Crippen molar-refractivity contribution in [2.45, 2.75) is 36.8 Å². The number of nitrogens with one attached hydrogen (secondary N) is 2. The summed E-state index contributed by atoms with van der Waals surface area (Å²) in [6.07, 6.45) is 2.28. The van der Waals surface area contributed by atoms with Crippen LogP contribution < -0.4 is 10.6 Å². The van der Waals surface area contributed by atoms with E-state index in [0.29, 0.717) is 25.1 Å². The zero-order valence-electron chi connectivity index (χ0n) is 16.2. The van der Waals surface area contributed by atoms with E-state index in [4.69, 9.17) is 9.47 Å². The lowest BCUT2D eigenvalue weighted by atomic mass is 10.4. The number of guanidine groups is 1. The van der Waals surface area contributed by atoms with E-state index >= 15 is 0 Å². The Kier molecular flexibility index (Phi) is 17.5. The first-order valence-electron chi connectivity index (χ1n) is 9.08. The summed E-state index contributed by atoms with van der Waals surface area (Å²) in [5, 5.41) is 7.07. The number of benzene rings is 1. The minimum Gasteiger partial charge on any atom is -0.379 e. The molecule has 0 aromatic heterocycles. The second-order valence-electron chi connectivity index (χ2n) is 5.70. The molecule has 0 amide bonds. The molecule has 0 aliphatic carbocycles. The summed E-state index contributed by atoms with van der Waals surface area (Å²) in [5.74, 6) is 0.809. The normalized spacial score (nSPS) is 12.3. The highest BCUT2D eigenvalue weighted by molar-refractivity contribution is 14.0. The molecule has 0 radical (unpaired) electrons. The van der Waals surface area contributed by atoms with Crippen molar-refractivity contribution in [2.75, 3.05) is 46.6 Å². The molecule has 1 rings (SSSR count). The number of hydrogen-bond acceptors (Lipinski definition) is 4. The van der Waals surface area contributed by atoms with Crippen LogP contribution in [0.25, 0.3) is 0 Å². The van der Waals surface area contributed by atoms with Gasteiger partial charge in [-0.1, -0.05) is 38.5 Å². The van der Waals surface area contributed by atoms with Crippen LogP contribution in [0.1, 0.15) is 26.7 Å². The highest BCUT2D eigenvalue weighted by Crippen LogP contribution is 2.21. The van der Waals surface area contributed by atoms with Gasteiger partial charge >= 0.3 is 0 Å². The van der Waals surface area contributed by atoms with Crippen LogP contribution in [0.2, 0.25) is 0 Å². The topological polar surface area (TPSA) is 54.9 Å². The van der Waals surface area contributed by atoms with E-state index in [-0.39, 0.29) is 24.0 Å². The first-order chi connectivity index (χ1) is 12.3. The van der Waals surface area contributed by atoms with Crippen molar-refractivity contribution in [3.63, 3.8) is 0 Å². The van der Waals surface area contributed by atoms with Crippen LogP contribution in [0.3, 0.4) is 0 Å². The molecule has 1 unspecified atom stereocenters. The molecule has 0 aliphatic heterocycles. The van der Waals surface area contributed by atoms with Crippen molar-refractivity contribution in [1.82, 2.24) is 10.6 Å². The molecule has 0 fully saturated rings. The van der Waals surface area contributed by atoms with Gasteiger partial charge in [-0.25, -0.2) is 0 Å². The Labute approximate surface area is 180 Å². The fraction of sp³-hybridized carbons (Fsp3) is 0.632. The predicted octanol–water partition coefficient (Wildman–Crippen LogP) is 3.78. The van der Waals surface area contributed by atoms with Crippen molar-refractivity contribution < 1.29 is 9.47 Å². The summed E-state index contributed by atoms with van der Waals surface area (Å²) < 4.78 is 11.0. The molecule has 5 nitrogen and oxygen atoms in total. The van der Waals surface area contributed by atoms with Crippen LogP contribution in [0, 0.1) is 0 Å². The van der Waals surface area contributed by atoms with E-state index in [9.17, 15) is 0 Å². The Balaban J connectivity index is 0.00000625. The van der Waals surface area contributed by atoms with Crippen molar-refractivity contribution in [2.24, 2.45) is 4.99 Å². The Morgan fingerprint density at radius 3 is 2.42 bits per heavy atom. The summed E-state index contributed by atoms with van der Waals surface area (Å²) in [5.41, 5.74) is 0. The predicted molar refractivity (Wildman–Crippen MR) is 123 cm³/mol. The lowest BCUT2D eigenvalue weighted by molar-refractivity contribution is 0.0487. The van der Waals surface area contributed by atoms with Gasteiger partial charge in [-0.05, 0) is 18.6 Å². The van der Waals surface area contributed by atoms with Crippen LogP contribution in [-0.2, 0) is 9.47 Å². The number of unbranched alkanes of at least 4 members (excludes halogenated alkanes) is 1. The zero-order valence-corrected chi connectivity index (χ0v) is 19.3. The minimum atomic E-state index is 0. The number of halogens is 1. The third kappa shape index (κ3) is 13.7. The average molecular weight is 495 g/mol. The molecule has 150 valence electrons. The number of aliphatic imine (C=N–C) groups is 1. The molecule has 0 saturated carbocycles. The van der Waals surface area contributed by atoms with Gasteiger partial charge in [0.05, 0.1) is 19.8 Å². The van der Waals surface area contributed by atoms with E-state index in [0.717, 1.165) is 32.1 Å². The average Bonchev–Trinajstić information content (AvgIpc) is 2.63. The molecule has 7 heteroatoms. The quantitative estimate of drug-likeness (QED) is 0.143. The van der Waals surface area contributed by atoms with Gasteiger partial charge in [0.2, 0.25) is 0 Å². The van der Waals surface area contributed by atoms with E-state index in [2.05, 4.69) is 53.7 Å². The van der Waals surface area contributed by atoms with Crippen molar-refractivity contribution >= 4 is 41.7 Å². The molecule has 0 bridgehead atoms. The van der Waals surface area contributed by atoms with Crippen LogP contribution in [0.5, 0.6) is 0 Å². The number of rotatable bonds is 13. The zero-order chi connectivity index (χ0) is 18.2. The fourth-order valence-electron chi connectivity index (χ4n) is 2.04. The van der Waals surface area contributed by atoms with Crippen LogP contribution in [0.4, 0.5) is 0 Å².